The van der Waals surface area contributed by atoms with Crippen LogP contribution in [-0.4, -0.2) is 75.9 Å². The fourth-order valence-corrected chi connectivity index (χ4v) is 4.88. The van der Waals surface area contributed by atoms with E-state index in [1.165, 1.54) is 11.9 Å². The van der Waals surface area contributed by atoms with Crippen molar-refractivity contribution in [2.24, 2.45) is 5.92 Å². The van der Waals surface area contributed by atoms with E-state index in [2.05, 4.69) is 74.1 Å². The highest BCUT2D eigenvalue weighted by Gasteiger charge is 2.29. The van der Waals surface area contributed by atoms with Crippen LogP contribution in [0.1, 0.15) is 33.9 Å². The first kappa shape index (κ1) is 25.7. The van der Waals surface area contributed by atoms with Crippen LogP contribution in [0.25, 0.3) is 0 Å². The summed E-state index contributed by atoms with van der Waals surface area (Å²) in [5.41, 5.74) is 4.66. The summed E-state index contributed by atoms with van der Waals surface area (Å²) in [6.07, 6.45) is 1.70. The van der Waals surface area contributed by atoms with E-state index in [4.69, 9.17) is 10.00 Å². The van der Waals surface area contributed by atoms with Gasteiger partial charge in [-0.15, -0.1) is 0 Å². The number of ether oxygens (including phenoxy) is 1. The maximum absolute atomic E-state index is 10.2. The fourth-order valence-electron chi connectivity index (χ4n) is 4.88. The molecule has 3 aromatic rings. The second kappa shape index (κ2) is 12.1. The molecular formula is C30H31N5O3. The molecule has 8 heteroatoms. The predicted molar refractivity (Wildman–Crippen MR) is 142 cm³/mol. The molecule has 2 aliphatic rings. The van der Waals surface area contributed by atoms with E-state index in [-0.39, 0.29) is 17.6 Å². The number of nitrogens with zero attached hydrogens (tertiary/aromatic N) is 5. The molecule has 0 bridgehead atoms. The Bertz CT molecular complexity index is 1330. The van der Waals surface area contributed by atoms with Crippen LogP contribution in [0, 0.1) is 29.1 Å². The van der Waals surface area contributed by atoms with Gasteiger partial charge in [0.25, 0.3) is 5.88 Å². The highest BCUT2D eigenvalue weighted by atomic mass is 16.5. The Kier molecular flexibility index (Phi) is 8.15. The normalized spacial score (nSPS) is 17.1. The fraction of sp³-hybridized carbons (Fsp3) is 0.367. The molecule has 1 aromatic heterocycles. The van der Waals surface area contributed by atoms with Crippen molar-refractivity contribution in [1.82, 2.24) is 19.8 Å². The molecule has 8 nitrogen and oxygen atoms in total. The zero-order chi connectivity index (χ0) is 26.3. The van der Waals surface area contributed by atoms with E-state index < -0.39 is 5.88 Å². The molecule has 0 amide bonds. The summed E-state index contributed by atoms with van der Waals surface area (Å²) in [5, 5.41) is 29.2. The van der Waals surface area contributed by atoms with E-state index in [1.807, 2.05) is 12.1 Å². The molecule has 0 saturated carbocycles. The lowest BCUT2D eigenvalue weighted by atomic mass is 9.90. The van der Waals surface area contributed by atoms with Gasteiger partial charge in [-0.25, -0.2) is 4.98 Å². The Morgan fingerprint density at radius 2 is 1.58 bits per heavy atom. The van der Waals surface area contributed by atoms with E-state index >= 15 is 0 Å². The highest BCUT2D eigenvalue weighted by Crippen LogP contribution is 2.31. The lowest BCUT2D eigenvalue weighted by Crippen LogP contribution is -2.47. The Balaban J connectivity index is 1.25. The third-order valence-electron chi connectivity index (χ3n) is 7.13. The molecule has 38 heavy (non-hydrogen) atoms. The number of hydrogen-bond acceptors (Lipinski definition) is 8. The van der Waals surface area contributed by atoms with Crippen LogP contribution in [-0.2, 0) is 17.7 Å². The van der Waals surface area contributed by atoms with Crippen LogP contribution >= 0.6 is 0 Å². The molecular weight excluding hydrogens is 478 g/mol. The number of aromatic nitrogens is 2. The first-order valence-electron chi connectivity index (χ1n) is 12.9. The molecule has 194 valence electrons. The lowest BCUT2D eigenvalue weighted by Gasteiger charge is -2.37. The van der Waals surface area contributed by atoms with Crippen molar-refractivity contribution in [3.05, 3.63) is 82.8 Å². The topological polar surface area (TPSA) is 106 Å². The molecule has 5 rings (SSSR count). The molecule has 0 spiro atoms. The summed E-state index contributed by atoms with van der Waals surface area (Å²) in [7, 11) is 0. The van der Waals surface area contributed by atoms with Crippen molar-refractivity contribution >= 4 is 0 Å². The maximum atomic E-state index is 10.2. The number of nitriles is 1. The number of aromatic hydroxyl groups is 2. The van der Waals surface area contributed by atoms with Crippen molar-refractivity contribution in [1.29, 1.82) is 5.26 Å². The monoisotopic (exact) mass is 509 g/mol. The van der Waals surface area contributed by atoms with E-state index in [0.717, 1.165) is 69.2 Å². The standard InChI is InChI=1S/C30H31N5O3/c31-16-25-18-35(19-25)20-27(15-28-29(36)30(37)33-21-32-28)26-9-7-23(8-10-26)2-1-22-3-5-24(6-4-22)17-34-11-13-38-14-12-34/h3-10,21,25,27,36H,11-15,17-20H2,(H,32,33,37). The molecule has 1 atom stereocenters. The van der Waals surface area contributed by atoms with E-state index in [0.29, 0.717) is 12.1 Å². The average molecular weight is 510 g/mol. The van der Waals surface area contributed by atoms with Crippen LogP contribution in [0.2, 0.25) is 0 Å². The van der Waals surface area contributed by atoms with Crippen molar-refractivity contribution in [2.45, 2.75) is 18.9 Å². The first-order chi connectivity index (χ1) is 18.6. The summed E-state index contributed by atoms with van der Waals surface area (Å²) in [4.78, 5) is 12.5. The number of benzene rings is 2. The van der Waals surface area contributed by atoms with Crippen LogP contribution < -0.4 is 0 Å². The summed E-state index contributed by atoms with van der Waals surface area (Å²) in [6, 6.07) is 18.8. The van der Waals surface area contributed by atoms with Gasteiger partial charge in [-0.05, 0) is 35.4 Å². The van der Waals surface area contributed by atoms with Crippen molar-refractivity contribution in [3.8, 4) is 29.5 Å². The minimum absolute atomic E-state index is 0.0239. The molecule has 0 radical (unpaired) electrons. The van der Waals surface area contributed by atoms with Gasteiger partial charge >= 0.3 is 0 Å². The summed E-state index contributed by atoms with van der Waals surface area (Å²) in [6.45, 7) is 6.68. The second-order valence-electron chi connectivity index (χ2n) is 9.90. The van der Waals surface area contributed by atoms with Gasteiger partial charge in [0.15, 0.2) is 5.75 Å². The molecule has 2 saturated heterocycles. The van der Waals surface area contributed by atoms with Crippen LogP contribution in [0.4, 0.5) is 0 Å². The molecule has 2 fully saturated rings. The summed E-state index contributed by atoms with van der Waals surface area (Å²) < 4.78 is 5.42. The molecule has 2 aliphatic heterocycles. The third-order valence-corrected chi connectivity index (χ3v) is 7.13. The molecule has 0 aliphatic carbocycles. The van der Waals surface area contributed by atoms with Gasteiger partial charge in [0.2, 0.25) is 0 Å². The molecule has 2 aromatic carbocycles. The van der Waals surface area contributed by atoms with E-state index in [9.17, 15) is 10.2 Å². The van der Waals surface area contributed by atoms with Crippen LogP contribution in [0.15, 0.2) is 54.9 Å². The molecule has 1 unspecified atom stereocenters. The SMILES string of the molecule is N#CC1CN(CC(Cc2ncnc(O)c2O)c2ccc(C#Cc3ccc(CN4CCOCC4)cc3)cc2)C1. The Hall–Kier alpha value is -3.95. The number of morpholine rings is 1. The minimum Gasteiger partial charge on any atom is -0.502 e. The van der Waals surface area contributed by atoms with Crippen molar-refractivity contribution in [2.75, 3.05) is 45.9 Å². The zero-order valence-electron chi connectivity index (χ0n) is 21.3. The van der Waals surface area contributed by atoms with Gasteiger partial charge in [0, 0.05) is 62.7 Å². The Morgan fingerprint density at radius 1 is 0.921 bits per heavy atom. The van der Waals surface area contributed by atoms with Crippen LogP contribution in [0.5, 0.6) is 11.6 Å². The van der Waals surface area contributed by atoms with Gasteiger partial charge in [0.1, 0.15) is 6.33 Å². The average Bonchev–Trinajstić information content (AvgIpc) is 2.92. The minimum atomic E-state index is -0.415. The lowest BCUT2D eigenvalue weighted by molar-refractivity contribution is 0.0342. The second-order valence-corrected chi connectivity index (χ2v) is 9.90. The third kappa shape index (κ3) is 6.48. The maximum Gasteiger partial charge on any atom is 0.257 e. The van der Waals surface area contributed by atoms with E-state index in [1.54, 1.807) is 0 Å². The molecule has 3 heterocycles. The van der Waals surface area contributed by atoms with Gasteiger partial charge in [-0.1, -0.05) is 36.1 Å². The van der Waals surface area contributed by atoms with Crippen LogP contribution in [0.3, 0.4) is 0 Å². The van der Waals surface area contributed by atoms with Gasteiger partial charge in [0.05, 0.1) is 30.9 Å². The zero-order valence-corrected chi connectivity index (χ0v) is 21.3. The van der Waals surface area contributed by atoms with Gasteiger partial charge in [-0.2, -0.15) is 10.2 Å². The first-order valence-corrected chi connectivity index (χ1v) is 12.9. The Morgan fingerprint density at radius 3 is 2.24 bits per heavy atom. The summed E-state index contributed by atoms with van der Waals surface area (Å²) in [5.74, 6) is 5.90. The quantitative estimate of drug-likeness (QED) is 0.469. The van der Waals surface area contributed by atoms with Gasteiger partial charge < -0.3 is 19.8 Å². The smallest absolute Gasteiger partial charge is 0.257 e. The number of rotatable bonds is 7. The highest BCUT2D eigenvalue weighted by molar-refractivity contribution is 5.45. The van der Waals surface area contributed by atoms with Gasteiger partial charge in [-0.3, -0.25) is 4.90 Å². The summed E-state index contributed by atoms with van der Waals surface area (Å²) >= 11 is 0. The number of hydrogen-bond donors (Lipinski definition) is 2. The molecule has 2 N–H and O–H groups in total. The largest absolute Gasteiger partial charge is 0.502 e. The van der Waals surface area contributed by atoms with Crippen molar-refractivity contribution in [3.63, 3.8) is 0 Å². The van der Waals surface area contributed by atoms with Crippen molar-refractivity contribution < 1.29 is 14.9 Å². The predicted octanol–water partition coefficient (Wildman–Crippen LogP) is 2.90. The Labute approximate surface area is 223 Å². The number of likely N-dealkylation sites (tertiary alicyclic amines) is 1.